The molecule has 2 N–H and O–H groups in total. The molecule has 8 nitrogen and oxygen atoms in total. The van der Waals surface area contributed by atoms with E-state index in [1.54, 1.807) is 24.3 Å². The van der Waals surface area contributed by atoms with Gasteiger partial charge in [0.25, 0.3) is 5.56 Å². The highest BCUT2D eigenvalue weighted by atomic mass is 16.2. The molecule has 0 aliphatic heterocycles. The number of urea groups is 1. The number of fused-ring (bicyclic) bond motifs is 1. The van der Waals surface area contributed by atoms with Crippen LogP contribution in [0.3, 0.4) is 0 Å². The summed E-state index contributed by atoms with van der Waals surface area (Å²) in [6.07, 6.45) is 0. The van der Waals surface area contributed by atoms with Crippen LogP contribution in [0.4, 0.5) is 4.79 Å². The van der Waals surface area contributed by atoms with Crippen molar-refractivity contribution in [3.8, 4) is 0 Å². The lowest BCUT2D eigenvalue weighted by Crippen LogP contribution is -2.42. The molecular weight excluding hydrogens is 322 g/mol. The van der Waals surface area contributed by atoms with Gasteiger partial charge in [0.15, 0.2) is 0 Å². The zero-order valence-corrected chi connectivity index (χ0v) is 13.2. The van der Waals surface area contributed by atoms with Gasteiger partial charge in [0.1, 0.15) is 12.1 Å². The van der Waals surface area contributed by atoms with Crippen molar-refractivity contribution in [1.82, 2.24) is 25.6 Å². The number of carbonyl (C=O) groups excluding carboxylic acids is 2. The minimum absolute atomic E-state index is 0.287. The summed E-state index contributed by atoms with van der Waals surface area (Å²) in [7, 11) is 0. The van der Waals surface area contributed by atoms with Crippen LogP contribution in [0.2, 0.25) is 0 Å². The second-order valence-corrected chi connectivity index (χ2v) is 5.29. The van der Waals surface area contributed by atoms with Gasteiger partial charge >= 0.3 is 6.03 Å². The summed E-state index contributed by atoms with van der Waals surface area (Å²) in [5.74, 6) is -0.655. The number of nitrogens with one attached hydrogen (secondary N) is 2. The molecule has 0 saturated heterocycles. The Kier molecular flexibility index (Phi) is 4.79. The molecule has 0 atom stereocenters. The van der Waals surface area contributed by atoms with Gasteiger partial charge in [0, 0.05) is 6.54 Å². The number of nitrogens with zero attached hydrogens (tertiary/aromatic N) is 3. The monoisotopic (exact) mass is 337 g/mol. The summed E-state index contributed by atoms with van der Waals surface area (Å²) in [5, 5.41) is 12.7. The number of carbonyl (C=O) groups is 2. The highest BCUT2D eigenvalue weighted by Crippen LogP contribution is 2.03. The van der Waals surface area contributed by atoms with Crippen LogP contribution in [0.1, 0.15) is 5.56 Å². The third-order valence-corrected chi connectivity index (χ3v) is 3.47. The van der Waals surface area contributed by atoms with E-state index in [4.69, 9.17) is 0 Å². The standard InChI is InChI=1S/C17H15N5O3/c23-15(19-17(25)18-10-12-6-2-1-3-7-12)11-22-16(24)13-8-4-5-9-14(13)20-21-22/h1-9H,10-11H2,(H2,18,19,23,25). The fraction of sp³-hybridized carbons (Fsp3) is 0.118. The third kappa shape index (κ3) is 4.05. The second-order valence-electron chi connectivity index (χ2n) is 5.29. The summed E-state index contributed by atoms with van der Waals surface area (Å²) in [6, 6.07) is 15.3. The van der Waals surface area contributed by atoms with Crippen molar-refractivity contribution in [2.45, 2.75) is 13.1 Å². The van der Waals surface area contributed by atoms with Crippen molar-refractivity contribution >= 4 is 22.8 Å². The number of imide groups is 1. The molecule has 1 aromatic heterocycles. The van der Waals surface area contributed by atoms with E-state index in [0.29, 0.717) is 10.9 Å². The van der Waals surface area contributed by atoms with Gasteiger partial charge in [-0.05, 0) is 17.7 Å². The van der Waals surface area contributed by atoms with E-state index in [0.717, 1.165) is 10.2 Å². The second kappa shape index (κ2) is 7.35. The van der Waals surface area contributed by atoms with E-state index in [1.807, 2.05) is 30.3 Å². The van der Waals surface area contributed by atoms with Gasteiger partial charge in [-0.2, -0.15) is 0 Å². The van der Waals surface area contributed by atoms with Crippen molar-refractivity contribution in [2.24, 2.45) is 0 Å². The first kappa shape index (κ1) is 16.3. The normalized spacial score (nSPS) is 10.4. The Morgan fingerprint density at radius 2 is 1.72 bits per heavy atom. The number of rotatable bonds is 4. The van der Waals surface area contributed by atoms with Gasteiger partial charge in [0.05, 0.1) is 5.39 Å². The molecular formula is C17H15N5O3. The molecule has 126 valence electrons. The Hall–Kier alpha value is -3.55. The average Bonchev–Trinajstić information content (AvgIpc) is 2.63. The molecule has 0 bridgehead atoms. The van der Waals surface area contributed by atoms with Crippen LogP contribution < -0.4 is 16.2 Å². The molecule has 0 saturated carbocycles. The van der Waals surface area contributed by atoms with Crippen molar-refractivity contribution in [3.63, 3.8) is 0 Å². The van der Waals surface area contributed by atoms with Crippen molar-refractivity contribution in [1.29, 1.82) is 0 Å². The summed E-state index contributed by atoms with van der Waals surface area (Å²) >= 11 is 0. The fourth-order valence-electron chi connectivity index (χ4n) is 2.25. The first-order chi connectivity index (χ1) is 12.1. The minimum Gasteiger partial charge on any atom is -0.334 e. The Morgan fingerprint density at radius 1 is 1.00 bits per heavy atom. The lowest BCUT2D eigenvalue weighted by Gasteiger charge is -2.07. The molecule has 25 heavy (non-hydrogen) atoms. The van der Waals surface area contributed by atoms with Gasteiger partial charge in [0.2, 0.25) is 5.91 Å². The zero-order valence-electron chi connectivity index (χ0n) is 13.2. The largest absolute Gasteiger partial charge is 0.334 e. The summed E-state index contributed by atoms with van der Waals surface area (Å²) in [4.78, 5) is 35.9. The van der Waals surface area contributed by atoms with Crippen LogP contribution in [-0.2, 0) is 17.9 Å². The molecule has 1 heterocycles. The fourth-order valence-corrected chi connectivity index (χ4v) is 2.25. The molecule has 3 aromatic rings. The van der Waals surface area contributed by atoms with Crippen molar-refractivity contribution < 1.29 is 9.59 Å². The molecule has 0 spiro atoms. The Balaban J connectivity index is 1.60. The van der Waals surface area contributed by atoms with E-state index in [1.165, 1.54) is 0 Å². The van der Waals surface area contributed by atoms with Gasteiger partial charge in [-0.15, -0.1) is 5.10 Å². The predicted octanol–water partition coefficient (Wildman–Crippen LogP) is 0.817. The van der Waals surface area contributed by atoms with Crippen LogP contribution in [0.25, 0.3) is 10.9 Å². The predicted molar refractivity (Wildman–Crippen MR) is 90.6 cm³/mol. The lowest BCUT2D eigenvalue weighted by atomic mass is 10.2. The Morgan fingerprint density at radius 3 is 2.52 bits per heavy atom. The highest BCUT2D eigenvalue weighted by Gasteiger charge is 2.12. The summed E-state index contributed by atoms with van der Waals surface area (Å²) < 4.78 is 0.919. The maximum atomic E-state index is 12.2. The zero-order chi connectivity index (χ0) is 17.6. The van der Waals surface area contributed by atoms with E-state index in [9.17, 15) is 14.4 Å². The van der Waals surface area contributed by atoms with E-state index in [2.05, 4.69) is 20.9 Å². The smallest absolute Gasteiger partial charge is 0.321 e. The van der Waals surface area contributed by atoms with Gasteiger partial charge in [-0.1, -0.05) is 47.7 Å². The van der Waals surface area contributed by atoms with Crippen LogP contribution in [0, 0.1) is 0 Å². The SMILES string of the molecule is O=C(Cn1nnc2ccccc2c1=O)NC(=O)NCc1ccccc1. The molecule has 3 amide bonds. The molecule has 8 heteroatoms. The topological polar surface area (TPSA) is 106 Å². The average molecular weight is 337 g/mol. The molecule has 0 radical (unpaired) electrons. The van der Waals surface area contributed by atoms with Crippen molar-refractivity contribution in [3.05, 3.63) is 70.5 Å². The molecule has 0 unspecified atom stereocenters. The van der Waals surface area contributed by atoms with Crippen LogP contribution in [-0.4, -0.2) is 26.9 Å². The number of hydrogen-bond donors (Lipinski definition) is 2. The summed E-state index contributed by atoms with van der Waals surface area (Å²) in [5.41, 5.74) is 0.914. The van der Waals surface area contributed by atoms with E-state index in [-0.39, 0.29) is 6.54 Å². The minimum atomic E-state index is -0.655. The van der Waals surface area contributed by atoms with Crippen LogP contribution in [0.5, 0.6) is 0 Å². The molecule has 0 fully saturated rings. The number of aromatic nitrogens is 3. The molecule has 2 aromatic carbocycles. The molecule has 0 aliphatic rings. The Labute approximate surface area is 142 Å². The Bertz CT molecular complexity index is 969. The van der Waals surface area contributed by atoms with E-state index >= 15 is 0 Å². The van der Waals surface area contributed by atoms with Gasteiger partial charge in [-0.3, -0.25) is 14.9 Å². The highest BCUT2D eigenvalue weighted by molar-refractivity contribution is 5.94. The molecule has 3 rings (SSSR count). The summed E-state index contributed by atoms with van der Waals surface area (Å²) in [6.45, 7) is -0.106. The lowest BCUT2D eigenvalue weighted by molar-refractivity contribution is -0.120. The number of hydrogen-bond acceptors (Lipinski definition) is 5. The van der Waals surface area contributed by atoms with Crippen LogP contribution in [0.15, 0.2) is 59.4 Å². The van der Waals surface area contributed by atoms with Gasteiger partial charge < -0.3 is 5.32 Å². The maximum Gasteiger partial charge on any atom is 0.321 e. The number of amides is 3. The third-order valence-electron chi connectivity index (χ3n) is 3.47. The van der Waals surface area contributed by atoms with E-state index < -0.39 is 24.0 Å². The quantitative estimate of drug-likeness (QED) is 0.733. The first-order valence-corrected chi connectivity index (χ1v) is 7.57. The maximum absolute atomic E-state index is 12.2. The first-order valence-electron chi connectivity index (χ1n) is 7.57. The number of benzene rings is 2. The molecule has 0 aliphatic carbocycles. The van der Waals surface area contributed by atoms with Gasteiger partial charge in [-0.25, -0.2) is 9.48 Å². The van der Waals surface area contributed by atoms with Crippen LogP contribution >= 0.6 is 0 Å². The van der Waals surface area contributed by atoms with Crippen molar-refractivity contribution in [2.75, 3.05) is 0 Å².